The Morgan fingerprint density at radius 1 is 1.54 bits per heavy atom. The van der Waals surface area contributed by atoms with E-state index in [1.165, 1.54) is 6.07 Å². The van der Waals surface area contributed by atoms with Crippen molar-refractivity contribution in [2.75, 3.05) is 5.73 Å². The average molecular weight is 180 g/mol. The zero-order valence-electron chi connectivity index (χ0n) is 8.16. The highest BCUT2D eigenvalue weighted by Crippen LogP contribution is 2.11. The maximum atomic E-state index is 11.4. The van der Waals surface area contributed by atoms with E-state index in [1.54, 1.807) is 16.8 Å². The molecule has 0 amide bonds. The van der Waals surface area contributed by atoms with Crippen LogP contribution in [0.2, 0.25) is 0 Å². The largest absolute Gasteiger partial charge is 0.398 e. The first-order valence-corrected chi connectivity index (χ1v) is 4.62. The van der Waals surface area contributed by atoms with Gasteiger partial charge in [-0.2, -0.15) is 0 Å². The number of hydrogen-bond donors (Lipinski definition) is 1. The molecule has 1 unspecified atom stereocenters. The van der Waals surface area contributed by atoms with E-state index >= 15 is 0 Å². The Hall–Kier alpha value is -1.25. The van der Waals surface area contributed by atoms with Gasteiger partial charge >= 0.3 is 0 Å². The van der Waals surface area contributed by atoms with Gasteiger partial charge in [-0.15, -0.1) is 0 Å². The second-order valence-corrected chi connectivity index (χ2v) is 3.35. The van der Waals surface area contributed by atoms with Crippen molar-refractivity contribution in [1.29, 1.82) is 0 Å². The molecule has 3 nitrogen and oxygen atoms in total. The molecular formula is C10H16N2O. The lowest BCUT2D eigenvalue weighted by Crippen LogP contribution is -2.22. The number of aromatic nitrogens is 1. The van der Waals surface area contributed by atoms with Crippen LogP contribution in [-0.4, -0.2) is 4.57 Å². The molecule has 1 aromatic heterocycles. The maximum absolute atomic E-state index is 11.4. The summed E-state index contributed by atoms with van der Waals surface area (Å²) in [6.45, 7) is 4.14. The second kappa shape index (κ2) is 4.12. The predicted molar refractivity (Wildman–Crippen MR) is 54.7 cm³/mol. The Labute approximate surface area is 78.2 Å². The zero-order chi connectivity index (χ0) is 9.84. The molecule has 0 saturated carbocycles. The Bertz CT molecular complexity index is 330. The highest BCUT2D eigenvalue weighted by molar-refractivity contribution is 5.33. The number of hydrogen-bond acceptors (Lipinski definition) is 2. The third-order valence-corrected chi connectivity index (χ3v) is 2.14. The van der Waals surface area contributed by atoms with Crippen LogP contribution in [0.15, 0.2) is 23.1 Å². The van der Waals surface area contributed by atoms with Crippen molar-refractivity contribution in [2.24, 2.45) is 0 Å². The van der Waals surface area contributed by atoms with E-state index in [4.69, 9.17) is 5.73 Å². The standard InChI is InChI=1S/C10H16N2O/c1-3-4-8(2)12-7-9(11)5-6-10(12)13/h5-8H,3-4,11H2,1-2H3. The molecule has 1 atom stereocenters. The van der Waals surface area contributed by atoms with Crippen LogP contribution in [0.3, 0.4) is 0 Å². The summed E-state index contributed by atoms with van der Waals surface area (Å²) in [4.78, 5) is 11.4. The maximum Gasteiger partial charge on any atom is 0.250 e. The Kier molecular flexibility index (Phi) is 3.12. The minimum Gasteiger partial charge on any atom is -0.398 e. The molecule has 0 bridgehead atoms. The van der Waals surface area contributed by atoms with Crippen LogP contribution in [0.5, 0.6) is 0 Å². The molecule has 1 rings (SSSR count). The van der Waals surface area contributed by atoms with Gasteiger partial charge in [-0.05, 0) is 19.4 Å². The molecule has 0 spiro atoms. The van der Waals surface area contributed by atoms with Gasteiger partial charge in [-0.1, -0.05) is 13.3 Å². The van der Waals surface area contributed by atoms with Crippen molar-refractivity contribution in [3.8, 4) is 0 Å². The van der Waals surface area contributed by atoms with E-state index in [0.717, 1.165) is 12.8 Å². The van der Waals surface area contributed by atoms with Gasteiger partial charge in [0, 0.05) is 24.0 Å². The molecule has 72 valence electrons. The smallest absolute Gasteiger partial charge is 0.250 e. The minimum atomic E-state index is 0.0233. The second-order valence-electron chi connectivity index (χ2n) is 3.35. The van der Waals surface area contributed by atoms with Gasteiger partial charge in [0.2, 0.25) is 0 Å². The van der Waals surface area contributed by atoms with E-state index < -0.39 is 0 Å². The molecular weight excluding hydrogens is 164 g/mol. The summed E-state index contributed by atoms with van der Waals surface area (Å²) in [6, 6.07) is 3.39. The predicted octanol–water partition coefficient (Wildman–Crippen LogP) is 1.79. The summed E-state index contributed by atoms with van der Waals surface area (Å²) in [5.74, 6) is 0. The van der Waals surface area contributed by atoms with E-state index in [-0.39, 0.29) is 11.6 Å². The van der Waals surface area contributed by atoms with Crippen LogP contribution in [0.4, 0.5) is 5.69 Å². The lowest BCUT2D eigenvalue weighted by Gasteiger charge is -2.13. The van der Waals surface area contributed by atoms with Gasteiger partial charge in [0.15, 0.2) is 0 Å². The molecule has 0 aliphatic rings. The van der Waals surface area contributed by atoms with E-state index in [0.29, 0.717) is 5.69 Å². The first-order valence-electron chi connectivity index (χ1n) is 4.62. The van der Waals surface area contributed by atoms with Crippen LogP contribution >= 0.6 is 0 Å². The van der Waals surface area contributed by atoms with Crippen molar-refractivity contribution in [3.05, 3.63) is 28.7 Å². The van der Waals surface area contributed by atoms with Crippen LogP contribution in [0.25, 0.3) is 0 Å². The van der Waals surface area contributed by atoms with Crippen LogP contribution in [-0.2, 0) is 0 Å². The lowest BCUT2D eigenvalue weighted by molar-refractivity contribution is 0.487. The molecule has 0 fully saturated rings. The van der Waals surface area contributed by atoms with E-state index in [2.05, 4.69) is 6.92 Å². The van der Waals surface area contributed by atoms with Crippen LogP contribution in [0, 0.1) is 0 Å². The molecule has 0 aliphatic heterocycles. The highest BCUT2D eigenvalue weighted by atomic mass is 16.1. The van der Waals surface area contributed by atoms with Gasteiger partial charge in [-0.25, -0.2) is 0 Å². The number of nitrogens with two attached hydrogens (primary N) is 1. The third-order valence-electron chi connectivity index (χ3n) is 2.14. The fraction of sp³-hybridized carbons (Fsp3) is 0.500. The average Bonchev–Trinajstić information content (AvgIpc) is 2.09. The molecule has 0 aromatic carbocycles. The fourth-order valence-electron chi connectivity index (χ4n) is 1.42. The summed E-state index contributed by atoms with van der Waals surface area (Å²) in [6.07, 6.45) is 3.79. The fourth-order valence-corrected chi connectivity index (χ4v) is 1.42. The lowest BCUT2D eigenvalue weighted by atomic mass is 10.2. The number of rotatable bonds is 3. The summed E-state index contributed by atoms with van der Waals surface area (Å²) < 4.78 is 1.69. The van der Waals surface area contributed by atoms with E-state index in [9.17, 15) is 4.79 Å². The number of nitrogen functional groups attached to an aromatic ring is 1. The minimum absolute atomic E-state index is 0.0233. The SMILES string of the molecule is CCCC(C)n1cc(N)ccc1=O. The summed E-state index contributed by atoms with van der Waals surface area (Å²) in [5.41, 5.74) is 6.27. The van der Waals surface area contributed by atoms with Crippen molar-refractivity contribution >= 4 is 5.69 Å². The van der Waals surface area contributed by atoms with Crippen LogP contribution < -0.4 is 11.3 Å². The number of pyridine rings is 1. The molecule has 3 heteroatoms. The van der Waals surface area contributed by atoms with Gasteiger partial charge in [0.05, 0.1) is 0 Å². The van der Waals surface area contributed by atoms with Crippen molar-refractivity contribution < 1.29 is 0 Å². The van der Waals surface area contributed by atoms with Gasteiger partial charge in [0.25, 0.3) is 5.56 Å². The molecule has 2 N–H and O–H groups in total. The summed E-state index contributed by atoms with van der Waals surface area (Å²) in [5, 5.41) is 0. The van der Waals surface area contributed by atoms with Gasteiger partial charge < -0.3 is 10.3 Å². The van der Waals surface area contributed by atoms with Crippen molar-refractivity contribution in [2.45, 2.75) is 32.7 Å². The molecule has 0 saturated heterocycles. The first kappa shape index (κ1) is 9.84. The Morgan fingerprint density at radius 2 is 2.23 bits per heavy atom. The zero-order valence-corrected chi connectivity index (χ0v) is 8.16. The topological polar surface area (TPSA) is 48.0 Å². The van der Waals surface area contributed by atoms with E-state index in [1.807, 2.05) is 6.92 Å². The molecule has 0 radical (unpaired) electrons. The van der Waals surface area contributed by atoms with Gasteiger partial charge in [-0.3, -0.25) is 4.79 Å². The molecule has 1 heterocycles. The van der Waals surface area contributed by atoms with Crippen LogP contribution in [0.1, 0.15) is 32.7 Å². The quantitative estimate of drug-likeness (QED) is 0.771. The first-order chi connectivity index (χ1) is 6.15. The normalized spacial score (nSPS) is 12.8. The molecule has 13 heavy (non-hydrogen) atoms. The highest BCUT2D eigenvalue weighted by Gasteiger charge is 2.04. The summed E-state index contributed by atoms with van der Waals surface area (Å²) >= 11 is 0. The van der Waals surface area contributed by atoms with Gasteiger partial charge in [0.1, 0.15) is 0 Å². The number of anilines is 1. The Balaban J connectivity index is 2.99. The molecule has 1 aromatic rings. The van der Waals surface area contributed by atoms with Crippen molar-refractivity contribution in [3.63, 3.8) is 0 Å². The van der Waals surface area contributed by atoms with Crippen molar-refractivity contribution in [1.82, 2.24) is 4.57 Å². The molecule has 0 aliphatic carbocycles. The third kappa shape index (κ3) is 2.34. The Morgan fingerprint density at radius 3 is 2.85 bits per heavy atom. The monoisotopic (exact) mass is 180 g/mol. The number of nitrogens with zero attached hydrogens (tertiary/aromatic N) is 1. The summed E-state index contributed by atoms with van der Waals surface area (Å²) in [7, 11) is 0.